The van der Waals surface area contributed by atoms with E-state index in [-0.39, 0.29) is 5.70 Å². The van der Waals surface area contributed by atoms with Gasteiger partial charge < -0.3 is 4.74 Å². The van der Waals surface area contributed by atoms with Crippen molar-refractivity contribution in [3.05, 3.63) is 45.6 Å². The standard InChI is InChI=1S/C12H15NO3/c1-3-8-16-12-6-4-11(5-7-12)9-10(2)13(14)15/h4-7,9H,3,8H2,1-2H3. The fourth-order valence-corrected chi connectivity index (χ4v) is 1.17. The summed E-state index contributed by atoms with van der Waals surface area (Å²) >= 11 is 0. The molecule has 4 nitrogen and oxygen atoms in total. The molecule has 86 valence electrons. The molecule has 0 bridgehead atoms. The molecule has 0 saturated carbocycles. The van der Waals surface area contributed by atoms with Gasteiger partial charge in [-0.3, -0.25) is 10.1 Å². The van der Waals surface area contributed by atoms with E-state index in [0.29, 0.717) is 6.61 Å². The Morgan fingerprint density at radius 2 is 2.06 bits per heavy atom. The highest BCUT2D eigenvalue weighted by Gasteiger charge is 2.01. The van der Waals surface area contributed by atoms with Crippen molar-refractivity contribution in [2.75, 3.05) is 6.61 Å². The summed E-state index contributed by atoms with van der Waals surface area (Å²) < 4.78 is 5.41. The monoisotopic (exact) mass is 221 g/mol. The highest BCUT2D eigenvalue weighted by Crippen LogP contribution is 2.14. The van der Waals surface area contributed by atoms with Crippen molar-refractivity contribution in [1.29, 1.82) is 0 Å². The molecule has 0 fully saturated rings. The van der Waals surface area contributed by atoms with E-state index in [4.69, 9.17) is 4.74 Å². The van der Waals surface area contributed by atoms with Gasteiger partial charge in [-0.15, -0.1) is 0 Å². The van der Waals surface area contributed by atoms with Crippen molar-refractivity contribution in [3.63, 3.8) is 0 Å². The number of nitro groups is 1. The number of nitrogens with zero attached hydrogens (tertiary/aromatic N) is 1. The molecular formula is C12H15NO3. The highest BCUT2D eigenvalue weighted by molar-refractivity contribution is 5.51. The Balaban J connectivity index is 2.71. The van der Waals surface area contributed by atoms with Crippen LogP contribution in [0.5, 0.6) is 5.75 Å². The van der Waals surface area contributed by atoms with Gasteiger partial charge in [-0.1, -0.05) is 19.1 Å². The van der Waals surface area contributed by atoms with E-state index in [0.717, 1.165) is 17.7 Å². The topological polar surface area (TPSA) is 52.4 Å². The maximum absolute atomic E-state index is 10.4. The molecule has 16 heavy (non-hydrogen) atoms. The van der Waals surface area contributed by atoms with E-state index in [1.807, 2.05) is 19.1 Å². The third-order valence-electron chi connectivity index (χ3n) is 2.02. The lowest BCUT2D eigenvalue weighted by atomic mass is 10.2. The van der Waals surface area contributed by atoms with Crippen molar-refractivity contribution in [3.8, 4) is 5.75 Å². The van der Waals surface area contributed by atoms with Gasteiger partial charge in [0.15, 0.2) is 0 Å². The molecule has 1 aromatic rings. The minimum atomic E-state index is -0.401. The summed E-state index contributed by atoms with van der Waals surface area (Å²) in [4.78, 5) is 10.0. The second-order valence-electron chi connectivity index (χ2n) is 3.46. The van der Waals surface area contributed by atoms with Gasteiger partial charge in [-0.2, -0.15) is 0 Å². The summed E-state index contributed by atoms with van der Waals surface area (Å²) in [5.41, 5.74) is 0.931. The number of allylic oxidation sites excluding steroid dienone is 1. The van der Waals surface area contributed by atoms with Gasteiger partial charge in [0.1, 0.15) is 5.75 Å². The predicted octanol–water partition coefficient (Wildman–Crippen LogP) is 3.11. The molecule has 1 aromatic carbocycles. The van der Waals surface area contributed by atoms with Gasteiger partial charge in [0.25, 0.3) is 0 Å². The van der Waals surface area contributed by atoms with Gasteiger partial charge >= 0.3 is 0 Å². The second-order valence-corrected chi connectivity index (χ2v) is 3.46. The lowest BCUT2D eigenvalue weighted by molar-refractivity contribution is -0.422. The van der Waals surface area contributed by atoms with E-state index >= 15 is 0 Å². The van der Waals surface area contributed by atoms with E-state index < -0.39 is 4.92 Å². The zero-order chi connectivity index (χ0) is 12.0. The summed E-state index contributed by atoms with van der Waals surface area (Å²) in [6.07, 6.45) is 2.49. The van der Waals surface area contributed by atoms with Gasteiger partial charge in [0.2, 0.25) is 5.70 Å². The third-order valence-corrected chi connectivity index (χ3v) is 2.02. The Hall–Kier alpha value is -1.84. The quantitative estimate of drug-likeness (QED) is 0.567. The van der Waals surface area contributed by atoms with E-state index in [1.54, 1.807) is 12.1 Å². The van der Waals surface area contributed by atoms with Gasteiger partial charge in [-0.25, -0.2) is 0 Å². The van der Waals surface area contributed by atoms with Crippen LogP contribution in [0.25, 0.3) is 6.08 Å². The molecule has 0 aromatic heterocycles. The van der Waals surface area contributed by atoms with Crippen LogP contribution in [-0.2, 0) is 0 Å². The fourth-order valence-electron chi connectivity index (χ4n) is 1.17. The van der Waals surface area contributed by atoms with E-state index in [9.17, 15) is 10.1 Å². The van der Waals surface area contributed by atoms with E-state index in [1.165, 1.54) is 13.0 Å². The Morgan fingerprint density at radius 3 is 2.56 bits per heavy atom. The van der Waals surface area contributed by atoms with Crippen LogP contribution < -0.4 is 4.74 Å². The summed E-state index contributed by atoms with van der Waals surface area (Å²) in [5.74, 6) is 0.790. The SMILES string of the molecule is CCCOc1ccc(C=C(C)[N+](=O)[O-])cc1. The first-order valence-electron chi connectivity index (χ1n) is 5.19. The number of hydrogen-bond acceptors (Lipinski definition) is 3. The molecule has 0 heterocycles. The maximum Gasteiger partial charge on any atom is 0.243 e. The van der Waals surface area contributed by atoms with Crippen LogP contribution in [0.4, 0.5) is 0 Å². The van der Waals surface area contributed by atoms with Crippen LogP contribution in [0.3, 0.4) is 0 Å². The van der Waals surface area contributed by atoms with Crippen LogP contribution >= 0.6 is 0 Å². The average Bonchev–Trinajstić information content (AvgIpc) is 2.28. The largest absolute Gasteiger partial charge is 0.494 e. The zero-order valence-electron chi connectivity index (χ0n) is 9.47. The average molecular weight is 221 g/mol. The summed E-state index contributed by atoms with van der Waals surface area (Å²) in [7, 11) is 0. The van der Waals surface area contributed by atoms with Crippen LogP contribution in [0.1, 0.15) is 25.8 Å². The number of rotatable bonds is 5. The first-order chi connectivity index (χ1) is 7.63. The van der Waals surface area contributed by atoms with E-state index in [2.05, 4.69) is 0 Å². The Morgan fingerprint density at radius 1 is 1.44 bits per heavy atom. The molecule has 4 heteroatoms. The molecule has 0 aliphatic heterocycles. The zero-order valence-corrected chi connectivity index (χ0v) is 9.47. The Bertz CT molecular complexity index is 382. The third kappa shape index (κ3) is 3.73. The number of hydrogen-bond donors (Lipinski definition) is 0. The second kappa shape index (κ2) is 5.90. The lowest BCUT2D eigenvalue weighted by Crippen LogP contribution is -1.95. The Labute approximate surface area is 94.7 Å². The molecule has 1 rings (SSSR count). The van der Waals surface area contributed by atoms with Crippen LogP contribution in [0.2, 0.25) is 0 Å². The molecule has 0 spiro atoms. The molecule has 0 N–H and O–H groups in total. The molecule has 0 amide bonds. The summed E-state index contributed by atoms with van der Waals surface area (Å²) in [6, 6.07) is 7.24. The lowest BCUT2D eigenvalue weighted by Gasteiger charge is -2.03. The summed E-state index contributed by atoms with van der Waals surface area (Å²) in [6.45, 7) is 4.20. The minimum Gasteiger partial charge on any atom is -0.494 e. The number of ether oxygens (including phenoxy) is 1. The number of benzene rings is 1. The van der Waals surface area contributed by atoms with Crippen LogP contribution in [0.15, 0.2) is 30.0 Å². The molecule has 0 atom stereocenters. The molecule has 0 saturated heterocycles. The molecule has 0 aliphatic rings. The van der Waals surface area contributed by atoms with Crippen molar-refractivity contribution in [2.45, 2.75) is 20.3 Å². The molecule has 0 radical (unpaired) electrons. The van der Waals surface area contributed by atoms with Crippen molar-refractivity contribution in [1.82, 2.24) is 0 Å². The summed E-state index contributed by atoms with van der Waals surface area (Å²) in [5, 5.41) is 10.4. The smallest absolute Gasteiger partial charge is 0.243 e. The Kier molecular flexibility index (Phi) is 4.51. The van der Waals surface area contributed by atoms with Crippen molar-refractivity contribution in [2.24, 2.45) is 0 Å². The van der Waals surface area contributed by atoms with Gasteiger partial charge in [-0.05, 0) is 24.1 Å². The van der Waals surface area contributed by atoms with Crippen molar-refractivity contribution < 1.29 is 9.66 Å². The van der Waals surface area contributed by atoms with Crippen LogP contribution in [0, 0.1) is 10.1 Å². The normalized spacial score (nSPS) is 11.2. The first kappa shape index (κ1) is 12.2. The maximum atomic E-state index is 10.4. The van der Waals surface area contributed by atoms with Gasteiger partial charge in [0, 0.05) is 13.0 Å². The highest BCUT2D eigenvalue weighted by atomic mass is 16.6. The fraction of sp³-hybridized carbons (Fsp3) is 0.333. The minimum absolute atomic E-state index is 0.127. The van der Waals surface area contributed by atoms with Gasteiger partial charge in [0.05, 0.1) is 11.5 Å². The molecular weight excluding hydrogens is 206 g/mol. The van der Waals surface area contributed by atoms with Crippen molar-refractivity contribution >= 4 is 6.08 Å². The molecule has 0 aliphatic carbocycles. The first-order valence-corrected chi connectivity index (χ1v) is 5.19. The molecule has 0 unspecified atom stereocenters. The predicted molar refractivity (Wildman–Crippen MR) is 62.9 cm³/mol. The van der Waals surface area contributed by atoms with Crippen LogP contribution in [-0.4, -0.2) is 11.5 Å².